The molecule has 0 spiro atoms. The van der Waals surface area contributed by atoms with Crippen LogP contribution in [0.3, 0.4) is 0 Å². The van der Waals surface area contributed by atoms with Crippen LogP contribution in [0.2, 0.25) is 0 Å². The molecule has 92 valence electrons. The molecule has 0 rings (SSSR count). The van der Waals surface area contributed by atoms with E-state index < -0.39 is 0 Å². The van der Waals surface area contributed by atoms with Gasteiger partial charge in [0.2, 0.25) is 0 Å². The second-order valence-corrected chi connectivity index (χ2v) is 4.84. The molecule has 0 heterocycles. The van der Waals surface area contributed by atoms with E-state index >= 15 is 0 Å². The Bertz CT molecular complexity index is 168. The fourth-order valence-corrected chi connectivity index (χ4v) is 1.23. The van der Waals surface area contributed by atoms with Gasteiger partial charge in [-0.3, -0.25) is 0 Å². The maximum absolute atomic E-state index is 8.93. The number of aliphatic hydroxyl groups excluding tert-OH is 1. The van der Waals surface area contributed by atoms with Crippen LogP contribution < -0.4 is 0 Å². The summed E-state index contributed by atoms with van der Waals surface area (Å²) in [5.74, 6) is 0. The molecule has 1 N–H and O–H groups in total. The van der Waals surface area contributed by atoms with Crippen molar-refractivity contribution in [1.29, 1.82) is 0 Å². The van der Waals surface area contributed by atoms with Crippen molar-refractivity contribution in [3.05, 3.63) is 0 Å². The lowest BCUT2D eigenvalue weighted by Gasteiger charge is -2.30. The molecule has 0 aromatic heterocycles. The van der Waals surface area contributed by atoms with E-state index in [4.69, 9.17) is 14.6 Å². The van der Waals surface area contributed by atoms with Crippen molar-refractivity contribution in [2.24, 2.45) is 0 Å². The molecule has 0 bridgehead atoms. The summed E-state index contributed by atoms with van der Waals surface area (Å²) in [4.78, 5) is 0. The van der Waals surface area contributed by atoms with Gasteiger partial charge in [-0.15, -0.1) is 0 Å². The van der Waals surface area contributed by atoms with Gasteiger partial charge in [-0.05, 0) is 40.0 Å². The summed E-state index contributed by atoms with van der Waals surface area (Å²) in [6, 6.07) is 0. The maximum Gasteiger partial charge on any atom is 0.0673 e. The minimum Gasteiger partial charge on any atom is -0.396 e. The SMILES string of the molecule is CCC(C)(CCO)OCCC(C)(C)OC. The predicted octanol–water partition coefficient (Wildman–Crippen LogP) is 2.37. The molecule has 0 saturated heterocycles. The molecule has 0 fully saturated rings. The number of hydrogen-bond donors (Lipinski definition) is 1. The average Bonchev–Trinajstić information content (AvgIpc) is 2.18. The highest BCUT2D eigenvalue weighted by molar-refractivity contribution is 4.74. The van der Waals surface area contributed by atoms with E-state index in [9.17, 15) is 0 Å². The van der Waals surface area contributed by atoms with Crippen LogP contribution in [0.5, 0.6) is 0 Å². The summed E-state index contributed by atoms with van der Waals surface area (Å²) in [7, 11) is 1.72. The van der Waals surface area contributed by atoms with Crippen molar-refractivity contribution < 1.29 is 14.6 Å². The second-order valence-electron chi connectivity index (χ2n) is 4.84. The van der Waals surface area contributed by atoms with Crippen molar-refractivity contribution >= 4 is 0 Å². The molecule has 0 amide bonds. The number of rotatable bonds is 8. The van der Waals surface area contributed by atoms with Gasteiger partial charge in [-0.25, -0.2) is 0 Å². The molecular formula is C12H26O3. The Labute approximate surface area is 93.8 Å². The van der Waals surface area contributed by atoms with E-state index in [2.05, 4.69) is 6.92 Å². The first kappa shape index (κ1) is 14.9. The number of hydrogen-bond acceptors (Lipinski definition) is 3. The predicted molar refractivity (Wildman–Crippen MR) is 62.1 cm³/mol. The van der Waals surface area contributed by atoms with Crippen molar-refractivity contribution in [2.75, 3.05) is 20.3 Å². The molecular weight excluding hydrogens is 192 g/mol. The molecule has 0 aromatic rings. The summed E-state index contributed by atoms with van der Waals surface area (Å²) in [5, 5.41) is 8.93. The first-order valence-electron chi connectivity index (χ1n) is 5.69. The van der Waals surface area contributed by atoms with Gasteiger partial charge >= 0.3 is 0 Å². The smallest absolute Gasteiger partial charge is 0.0673 e. The molecule has 0 aromatic carbocycles. The van der Waals surface area contributed by atoms with Crippen molar-refractivity contribution in [3.8, 4) is 0 Å². The highest BCUT2D eigenvalue weighted by Gasteiger charge is 2.24. The lowest BCUT2D eigenvalue weighted by molar-refractivity contribution is -0.0765. The normalized spacial score (nSPS) is 16.4. The minimum absolute atomic E-state index is 0.131. The van der Waals surface area contributed by atoms with Crippen LogP contribution in [0.15, 0.2) is 0 Å². The largest absolute Gasteiger partial charge is 0.396 e. The number of ether oxygens (including phenoxy) is 2. The van der Waals surface area contributed by atoms with E-state index in [1.165, 1.54) is 0 Å². The molecule has 3 heteroatoms. The Balaban J connectivity index is 3.91. The van der Waals surface area contributed by atoms with Crippen molar-refractivity contribution in [1.82, 2.24) is 0 Å². The van der Waals surface area contributed by atoms with Crippen LogP contribution in [-0.4, -0.2) is 36.6 Å². The van der Waals surface area contributed by atoms with Crippen LogP contribution in [0.4, 0.5) is 0 Å². The monoisotopic (exact) mass is 218 g/mol. The Morgan fingerprint density at radius 3 is 2.13 bits per heavy atom. The summed E-state index contributed by atoms with van der Waals surface area (Å²) in [5.41, 5.74) is -0.327. The zero-order valence-corrected chi connectivity index (χ0v) is 10.8. The lowest BCUT2D eigenvalue weighted by Crippen LogP contribution is -2.32. The van der Waals surface area contributed by atoms with E-state index in [0.717, 1.165) is 12.8 Å². The highest BCUT2D eigenvalue weighted by Crippen LogP contribution is 2.21. The Morgan fingerprint density at radius 2 is 1.73 bits per heavy atom. The van der Waals surface area contributed by atoms with Gasteiger partial charge in [0, 0.05) is 13.7 Å². The molecule has 3 nitrogen and oxygen atoms in total. The summed E-state index contributed by atoms with van der Waals surface area (Å²) < 4.78 is 11.1. The molecule has 0 radical (unpaired) electrons. The molecule has 0 aliphatic heterocycles. The molecule has 1 atom stereocenters. The van der Waals surface area contributed by atoms with Gasteiger partial charge in [0.1, 0.15) is 0 Å². The summed E-state index contributed by atoms with van der Waals surface area (Å²) in [6.07, 6.45) is 2.47. The Hall–Kier alpha value is -0.120. The van der Waals surface area contributed by atoms with Gasteiger partial charge in [0.05, 0.1) is 17.8 Å². The molecule has 0 aliphatic rings. The zero-order chi connectivity index (χ0) is 11.9. The first-order chi connectivity index (χ1) is 6.89. The summed E-state index contributed by atoms with van der Waals surface area (Å²) >= 11 is 0. The molecule has 0 saturated carbocycles. The fourth-order valence-electron chi connectivity index (χ4n) is 1.23. The quantitative estimate of drug-likeness (QED) is 0.680. The standard InChI is InChI=1S/C12H26O3/c1-6-12(4,7-9-13)15-10-8-11(2,3)14-5/h13H,6-10H2,1-5H3. The Kier molecular flexibility index (Phi) is 6.41. The third-order valence-corrected chi connectivity index (χ3v) is 3.10. The van der Waals surface area contributed by atoms with Crippen LogP contribution in [0.25, 0.3) is 0 Å². The third kappa shape index (κ3) is 6.13. The third-order valence-electron chi connectivity index (χ3n) is 3.10. The highest BCUT2D eigenvalue weighted by atomic mass is 16.5. The van der Waals surface area contributed by atoms with E-state index in [0.29, 0.717) is 13.0 Å². The van der Waals surface area contributed by atoms with Crippen LogP contribution in [0.1, 0.15) is 47.0 Å². The molecule has 0 aliphatic carbocycles. The topological polar surface area (TPSA) is 38.7 Å². The van der Waals surface area contributed by atoms with Gasteiger partial charge in [0.25, 0.3) is 0 Å². The van der Waals surface area contributed by atoms with Crippen molar-refractivity contribution in [3.63, 3.8) is 0 Å². The Morgan fingerprint density at radius 1 is 1.13 bits per heavy atom. The van der Waals surface area contributed by atoms with Crippen molar-refractivity contribution in [2.45, 2.75) is 58.2 Å². The maximum atomic E-state index is 8.93. The number of methoxy groups -OCH3 is 1. The molecule has 15 heavy (non-hydrogen) atoms. The first-order valence-corrected chi connectivity index (χ1v) is 5.69. The second kappa shape index (κ2) is 6.46. The van der Waals surface area contributed by atoms with Gasteiger partial charge < -0.3 is 14.6 Å². The van der Waals surface area contributed by atoms with Gasteiger partial charge in [-0.2, -0.15) is 0 Å². The van der Waals surface area contributed by atoms with Crippen LogP contribution in [-0.2, 0) is 9.47 Å². The average molecular weight is 218 g/mol. The lowest BCUT2D eigenvalue weighted by atomic mass is 9.99. The minimum atomic E-state index is -0.196. The fraction of sp³-hybridized carbons (Fsp3) is 1.00. The number of aliphatic hydroxyl groups is 1. The van der Waals surface area contributed by atoms with Crippen LogP contribution in [0, 0.1) is 0 Å². The zero-order valence-electron chi connectivity index (χ0n) is 10.8. The van der Waals surface area contributed by atoms with E-state index in [-0.39, 0.29) is 17.8 Å². The summed E-state index contributed by atoms with van der Waals surface area (Å²) in [6.45, 7) is 9.07. The van der Waals surface area contributed by atoms with Gasteiger partial charge in [-0.1, -0.05) is 6.92 Å². The van der Waals surface area contributed by atoms with E-state index in [1.54, 1.807) is 7.11 Å². The molecule has 1 unspecified atom stereocenters. The van der Waals surface area contributed by atoms with Gasteiger partial charge in [0.15, 0.2) is 0 Å². The van der Waals surface area contributed by atoms with E-state index in [1.807, 2.05) is 20.8 Å². The van der Waals surface area contributed by atoms with Crippen LogP contribution >= 0.6 is 0 Å².